The number of halogens is 1. The molecule has 0 aliphatic rings. The van der Waals surface area contributed by atoms with E-state index in [0.29, 0.717) is 17.3 Å². The number of aromatic amines is 1. The third-order valence-corrected chi connectivity index (χ3v) is 2.65. The number of carbonyl (C=O) groups excluding carboxylic acids is 1. The molecule has 0 radical (unpaired) electrons. The maximum atomic E-state index is 11.8. The van der Waals surface area contributed by atoms with Gasteiger partial charge in [0.15, 0.2) is 0 Å². The van der Waals surface area contributed by atoms with Crippen LogP contribution in [0, 0.1) is 0 Å². The largest absolute Gasteiger partial charge is 0.351 e. The SMILES string of the molecule is CC(N)CNC(=O)c1cc2cc(Cl)ccc2[nH]1. The molecular weight excluding hydrogens is 238 g/mol. The van der Waals surface area contributed by atoms with E-state index in [-0.39, 0.29) is 11.9 Å². The van der Waals surface area contributed by atoms with Gasteiger partial charge in [-0.2, -0.15) is 0 Å². The Morgan fingerprint density at radius 1 is 1.53 bits per heavy atom. The molecule has 4 N–H and O–H groups in total. The molecule has 0 aliphatic carbocycles. The van der Waals surface area contributed by atoms with Crippen molar-refractivity contribution in [3.05, 3.63) is 35.0 Å². The summed E-state index contributed by atoms with van der Waals surface area (Å²) in [5.74, 6) is -0.158. The number of aromatic nitrogens is 1. The van der Waals surface area contributed by atoms with E-state index in [9.17, 15) is 4.79 Å². The summed E-state index contributed by atoms with van der Waals surface area (Å²) in [5.41, 5.74) is 6.98. The number of carbonyl (C=O) groups is 1. The molecule has 0 spiro atoms. The van der Waals surface area contributed by atoms with Gasteiger partial charge in [-0.25, -0.2) is 0 Å². The summed E-state index contributed by atoms with van der Waals surface area (Å²) in [7, 11) is 0. The van der Waals surface area contributed by atoms with Gasteiger partial charge in [-0.3, -0.25) is 4.79 Å². The molecule has 0 aliphatic heterocycles. The Morgan fingerprint density at radius 3 is 3.00 bits per heavy atom. The Kier molecular flexibility index (Phi) is 3.36. The van der Waals surface area contributed by atoms with Crippen LogP contribution in [0.25, 0.3) is 10.9 Å². The van der Waals surface area contributed by atoms with E-state index >= 15 is 0 Å². The summed E-state index contributed by atoms with van der Waals surface area (Å²) in [5, 5.41) is 4.32. The van der Waals surface area contributed by atoms with Crippen molar-refractivity contribution in [1.82, 2.24) is 10.3 Å². The van der Waals surface area contributed by atoms with Gasteiger partial charge in [-0.1, -0.05) is 11.6 Å². The molecule has 1 unspecified atom stereocenters. The van der Waals surface area contributed by atoms with Crippen LogP contribution in [-0.2, 0) is 0 Å². The van der Waals surface area contributed by atoms with Gasteiger partial charge in [0, 0.05) is 28.5 Å². The second-order valence-electron chi connectivity index (χ2n) is 4.10. The highest BCUT2D eigenvalue weighted by atomic mass is 35.5. The van der Waals surface area contributed by atoms with Gasteiger partial charge in [0.1, 0.15) is 5.69 Å². The van der Waals surface area contributed by atoms with Crippen LogP contribution in [0.4, 0.5) is 0 Å². The summed E-state index contributed by atoms with van der Waals surface area (Å²) in [6.07, 6.45) is 0. The molecular formula is C12H14ClN3O. The first-order chi connectivity index (χ1) is 8.06. The molecule has 17 heavy (non-hydrogen) atoms. The Balaban J connectivity index is 2.21. The van der Waals surface area contributed by atoms with Crippen molar-refractivity contribution in [3.8, 4) is 0 Å². The molecule has 1 amide bonds. The monoisotopic (exact) mass is 251 g/mol. The van der Waals surface area contributed by atoms with Crippen LogP contribution in [-0.4, -0.2) is 23.5 Å². The van der Waals surface area contributed by atoms with Gasteiger partial charge in [0.25, 0.3) is 5.91 Å². The van der Waals surface area contributed by atoms with E-state index in [1.165, 1.54) is 0 Å². The molecule has 1 aromatic carbocycles. The number of hydrogen-bond acceptors (Lipinski definition) is 2. The number of H-pyrrole nitrogens is 1. The first-order valence-electron chi connectivity index (χ1n) is 5.38. The smallest absolute Gasteiger partial charge is 0.267 e. The molecule has 0 saturated heterocycles. The minimum atomic E-state index is -0.158. The summed E-state index contributed by atoms with van der Waals surface area (Å²) >= 11 is 5.88. The Bertz CT molecular complexity index is 548. The van der Waals surface area contributed by atoms with Crippen molar-refractivity contribution in [2.24, 2.45) is 5.73 Å². The Morgan fingerprint density at radius 2 is 2.29 bits per heavy atom. The average Bonchev–Trinajstić information content (AvgIpc) is 2.68. The van der Waals surface area contributed by atoms with E-state index < -0.39 is 0 Å². The highest BCUT2D eigenvalue weighted by Crippen LogP contribution is 2.19. The number of rotatable bonds is 3. The van der Waals surface area contributed by atoms with Crippen molar-refractivity contribution in [2.45, 2.75) is 13.0 Å². The van der Waals surface area contributed by atoms with E-state index in [4.69, 9.17) is 17.3 Å². The third kappa shape index (κ3) is 2.78. The quantitative estimate of drug-likeness (QED) is 0.780. The fraction of sp³-hybridized carbons (Fsp3) is 0.250. The highest BCUT2D eigenvalue weighted by molar-refractivity contribution is 6.31. The maximum Gasteiger partial charge on any atom is 0.267 e. The molecule has 2 aromatic rings. The molecule has 5 heteroatoms. The zero-order valence-electron chi connectivity index (χ0n) is 9.46. The van der Waals surface area contributed by atoms with E-state index in [1.54, 1.807) is 12.1 Å². The number of amides is 1. The van der Waals surface area contributed by atoms with Crippen LogP contribution < -0.4 is 11.1 Å². The normalized spacial score (nSPS) is 12.6. The van der Waals surface area contributed by atoms with E-state index in [1.807, 2.05) is 19.1 Å². The number of benzene rings is 1. The number of hydrogen-bond donors (Lipinski definition) is 3. The number of nitrogens with two attached hydrogens (primary N) is 1. The standard InChI is InChI=1S/C12H14ClN3O/c1-7(14)6-15-12(17)11-5-8-4-9(13)2-3-10(8)16-11/h2-5,7,16H,6,14H2,1H3,(H,15,17). The predicted molar refractivity (Wildman–Crippen MR) is 69.3 cm³/mol. The number of nitrogens with one attached hydrogen (secondary N) is 2. The molecule has 2 rings (SSSR count). The van der Waals surface area contributed by atoms with Gasteiger partial charge in [-0.15, -0.1) is 0 Å². The maximum absolute atomic E-state index is 11.8. The lowest BCUT2D eigenvalue weighted by Crippen LogP contribution is -2.35. The van der Waals surface area contributed by atoms with E-state index in [0.717, 1.165) is 10.9 Å². The second-order valence-corrected chi connectivity index (χ2v) is 4.54. The highest BCUT2D eigenvalue weighted by Gasteiger charge is 2.09. The van der Waals surface area contributed by atoms with Crippen molar-refractivity contribution in [2.75, 3.05) is 6.54 Å². The van der Waals surface area contributed by atoms with Crippen molar-refractivity contribution < 1.29 is 4.79 Å². The van der Waals surface area contributed by atoms with Crippen LogP contribution in [0.1, 0.15) is 17.4 Å². The summed E-state index contributed by atoms with van der Waals surface area (Å²) < 4.78 is 0. The van der Waals surface area contributed by atoms with Gasteiger partial charge < -0.3 is 16.0 Å². The van der Waals surface area contributed by atoms with Gasteiger partial charge in [-0.05, 0) is 31.2 Å². The minimum Gasteiger partial charge on any atom is -0.351 e. The van der Waals surface area contributed by atoms with Crippen LogP contribution in [0.2, 0.25) is 5.02 Å². The lowest BCUT2D eigenvalue weighted by molar-refractivity contribution is 0.0947. The first-order valence-corrected chi connectivity index (χ1v) is 5.76. The van der Waals surface area contributed by atoms with Crippen molar-refractivity contribution in [1.29, 1.82) is 0 Å². The summed E-state index contributed by atoms with van der Waals surface area (Å²) in [6, 6.07) is 7.16. The zero-order valence-corrected chi connectivity index (χ0v) is 10.2. The van der Waals surface area contributed by atoms with Gasteiger partial charge in [0.05, 0.1) is 0 Å². The Hall–Kier alpha value is -1.52. The molecule has 1 atom stereocenters. The second kappa shape index (κ2) is 4.77. The van der Waals surface area contributed by atoms with Crippen LogP contribution in [0.3, 0.4) is 0 Å². The van der Waals surface area contributed by atoms with Crippen LogP contribution in [0.15, 0.2) is 24.3 Å². The predicted octanol–water partition coefficient (Wildman–Crippen LogP) is 1.90. The number of fused-ring (bicyclic) bond motifs is 1. The molecule has 0 saturated carbocycles. The molecule has 1 heterocycles. The molecule has 0 fully saturated rings. The fourth-order valence-electron chi connectivity index (χ4n) is 1.57. The summed E-state index contributed by atoms with van der Waals surface area (Å²) in [4.78, 5) is 14.8. The van der Waals surface area contributed by atoms with E-state index in [2.05, 4.69) is 10.3 Å². The topological polar surface area (TPSA) is 70.9 Å². The molecule has 90 valence electrons. The van der Waals surface area contributed by atoms with Gasteiger partial charge in [0.2, 0.25) is 0 Å². The molecule has 0 bridgehead atoms. The Labute approximate surface area is 104 Å². The van der Waals surface area contributed by atoms with Crippen LogP contribution in [0.5, 0.6) is 0 Å². The summed E-state index contributed by atoms with van der Waals surface area (Å²) in [6.45, 7) is 2.29. The lowest BCUT2D eigenvalue weighted by Gasteiger charge is -2.05. The lowest BCUT2D eigenvalue weighted by atomic mass is 10.2. The third-order valence-electron chi connectivity index (χ3n) is 2.41. The minimum absolute atomic E-state index is 0.0576. The van der Waals surface area contributed by atoms with Gasteiger partial charge >= 0.3 is 0 Å². The molecule has 4 nitrogen and oxygen atoms in total. The van der Waals surface area contributed by atoms with Crippen LogP contribution >= 0.6 is 11.6 Å². The van der Waals surface area contributed by atoms with Crippen molar-refractivity contribution >= 4 is 28.4 Å². The van der Waals surface area contributed by atoms with Crippen molar-refractivity contribution in [3.63, 3.8) is 0 Å². The zero-order chi connectivity index (χ0) is 12.4. The fourth-order valence-corrected chi connectivity index (χ4v) is 1.76. The average molecular weight is 252 g/mol. The first kappa shape index (κ1) is 12.0. The molecule has 1 aromatic heterocycles.